The molecular formula is C14H24N4O. The zero-order chi connectivity index (χ0) is 14.4. The van der Waals surface area contributed by atoms with E-state index >= 15 is 0 Å². The summed E-state index contributed by atoms with van der Waals surface area (Å²) in [5, 5.41) is 2.99. The number of carbonyl (C=O) groups excluding carboxylic acids is 1. The highest BCUT2D eigenvalue weighted by molar-refractivity contribution is 5.97. The topological polar surface area (TPSA) is 58.1 Å². The van der Waals surface area contributed by atoms with Crippen LogP contribution in [-0.2, 0) is 0 Å². The normalized spacial score (nSPS) is 10.6. The summed E-state index contributed by atoms with van der Waals surface area (Å²) in [7, 11) is 1.78. The second kappa shape index (κ2) is 7.07. The van der Waals surface area contributed by atoms with Crippen LogP contribution in [0.4, 0.5) is 5.69 Å². The van der Waals surface area contributed by atoms with E-state index in [4.69, 9.17) is 0 Å². The molecule has 1 aromatic heterocycles. The van der Waals surface area contributed by atoms with Crippen LogP contribution >= 0.6 is 0 Å². The standard InChI is InChI=1S/C14H24N4O/c1-6-8-18(7-2)14(19)12-11(15-5)9-16-13(17-12)10(3)4/h9-10,15H,6-8H2,1-5H3. The lowest BCUT2D eigenvalue weighted by atomic mass is 10.2. The highest BCUT2D eigenvalue weighted by Gasteiger charge is 2.20. The lowest BCUT2D eigenvalue weighted by molar-refractivity contribution is 0.0759. The number of amides is 1. The molecule has 19 heavy (non-hydrogen) atoms. The molecule has 1 amide bonds. The van der Waals surface area contributed by atoms with Gasteiger partial charge in [0.25, 0.3) is 5.91 Å². The van der Waals surface area contributed by atoms with Crippen molar-refractivity contribution in [1.29, 1.82) is 0 Å². The SMILES string of the molecule is CCCN(CC)C(=O)c1nc(C(C)C)ncc1NC. The Balaban J connectivity index is 3.14. The first kappa shape index (κ1) is 15.4. The van der Waals surface area contributed by atoms with Crippen LogP contribution in [0, 0.1) is 0 Å². The molecule has 0 radical (unpaired) electrons. The summed E-state index contributed by atoms with van der Waals surface area (Å²) in [6.45, 7) is 9.53. The van der Waals surface area contributed by atoms with E-state index in [1.54, 1.807) is 13.2 Å². The van der Waals surface area contributed by atoms with Gasteiger partial charge in [0.15, 0.2) is 5.69 Å². The average molecular weight is 264 g/mol. The summed E-state index contributed by atoms with van der Waals surface area (Å²) in [6.07, 6.45) is 2.63. The Labute approximate surface area is 115 Å². The van der Waals surface area contributed by atoms with E-state index in [0.29, 0.717) is 23.8 Å². The molecule has 0 unspecified atom stereocenters. The highest BCUT2D eigenvalue weighted by Crippen LogP contribution is 2.17. The van der Waals surface area contributed by atoms with Crippen LogP contribution in [0.3, 0.4) is 0 Å². The van der Waals surface area contributed by atoms with Crippen molar-refractivity contribution >= 4 is 11.6 Å². The van der Waals surface area contributed by atoms with Crippen molar-refractivity contribution in [3.8, 4) is 0 Å². The van der Waals surface area contributed by atoms with Gasteiger partial charge >= 0.3 is 0 Å². The van der Waals surface area contributed by atoms with Crippen LogP contribution in [-0.4, -0.2) is 40.9 Å². The van der Waals surface area contributed by atoms with Gasteiger partial charge in [0.2, 0.25) is 0 Å². The summed E-state index contributed by atoms with van der Waals surface area (Å²) >= 11 is 0. The Morgan fingerprint density at radius 1 is 1.42 bits per heavy atom. The number of anilines is 1. The van der Waals surface area contributed by atoms with Gasteiger partial charge in [-0.25, -0.2) is 9.97 Å². The first-order chi connectivity index (χ1) is 9.04. The van der Waals surface area contributed by atoms with Crippen LogP contribution in [0.25, 0.3) is 0 Å². The van der Waals surface area contributed by atoms with Crippen LogP contribution in [0.2, 0.25) is 0 Å². The van der Waals surface area contributed by atoms with E-state index in [2.05, 4.69) is 22.2 Å². The molecule has 5 heteroatoms. The molecule has 0 saturated heterocycles. The van der Waals surface area contributed by atoms with E-state index in [1.165, 1.54) is 0 Å². The molecule has 0 aliphatic carbocycles. The Morgan fingerprint density at radius 2 is 2.11 bits per heavy atom. The van der Waals surface area contributed by atoms with Crippen molar-refractivity contribution in [1.82, 2.24) is 14.9 Å². The molecule has 0 fully saturated rings. The molecule has 5 nitrogen and oxygen atoms in total. The van der Waals surface area contributed by atoms with E-state index in [-0.39, 0.29) is 11.8 Å². The molecule has 0 spiro atoms. The van der Waals surface area contributed by atoms with Gasteiger partial charge in [-0.15, -0.1) is 0 Å². The fraction of sp³-hybridized carbons (Fsp3) is 0.643. The number of rotatable bonds is 6. The molecule has 0 saturated carbocycles. The number of carbonyl (C=O) groups is 1. The van der Waals surface area contributed by atoms with E-state index < -0.39 is 0 Å². The lowest BCUT2D eigenvalue weighted by Gasteiger charge is -2.21. The highest BCUT2D eigenvalue weighted by atomic mass is 16.2. The maximum absolute atomic E-state index is 12.5. The Bertz CT molecular complexity index is 431. The van der Waals surface area contributed by atoms with Crippen LogP contribution < -0.4 is 5.32 Å². The fourth-order valence-corrected chi connectivity index (χ4v) is 1.84. The van der Waals surface area contributed by atoms with Gasteiger partial charge < -0.3 is 10.2 Å². The number of nitrogens with one attached hydrogen (secondary N) is 1. The van der Waals surface area contributed by atoms with Crippen LogP contribution in [0.15, 0.2) is 6.20 Å². The summed E-state index contributed by atoms with van der Waals surface area (Å²) < 4.78 is 0. The van der Waals surface area contributed by atoms with E-state index in [0.717, 1.165) is 13.0 Å². The third-order valence-electron chi connectivity index (χ3n) is 2.96. The summed E-state index contributed by atoms with van der Waals surface area (Å²) in [5.74, 6) is 0.881. The van der Waals surface area contributed by atoms with E-state index in [1.807, 2.05) is 25.7 Å². The predicted molar refractivity (Wildman–Crippen MR) is 77.5 cm³/mol. The maximum Gasteiger partial charge on any atom is 0.274 e. The minimum Gasteiger partial charge on any atom is -0.385 e. The number of aromatic nitrogens is 2. The van der Waals surface area contributed by atoms with Gasteiger partial charge in [-0.05, 0) is 13.3 Å². The minimum absolute atomic E-state index is 0.0296. The fourth-order valence-electron chi connectivity index (χ4n) is 1.84. The molecule has 0 atom stereocenters. The van der Waals surface area contributed by atoms with Gasteiger partial charge in [-0.3, -0.25) is 4.79 Å². The van der Waals surface area contributed by atoms with Gasteiger partial charge in [-0.2, -0.15) is 0 Å². The largest absolute Gasteiger partial charge is 0.385 e. The molecule has 0 aliphatic rings. The first-order valence-electron chi connectivity index (χ1n) is 6.89. The zero-order valence-electron chi connectivity index (χ0n) is 12.5. The molecule has 0 bridgehead atoms. The Kier molecular flexibility index (Phi) is 5.73. The summed E-state index contributed by atoms with van der Waals surface area (Å²) in [6, 6.07) is 0. The quantitative estimate of drug-likeness (QED) is 0.857. The smallest absolute Gasteiger partial charge is 0.274 e. The molecular weight excluding hydrogens is 240 g/mol. The molecule has 1 N–H and O–H groups in total. The summed E-state index contributed by atoms with van der Waals surface area (Å²) in [4.78, 5) is 23.0. The van der Waals surface area contributed by atoms with Crippen molar-refractivity contribution in [2.45, 2.75) is 40.0 Å². The third-order valence-corrected chi connectivity index (χ3v) is 2.96. The van der Waals surface area contributed by atoms with Crippen molar-refractivity contribution in [3.63, 3.8) is 0 Å². The average Bonchev–Trinajstić information content (AvgIpc) is 2.43. The Morgan fingerprint density at radius 3 is 2.58 bits per heavy atom. The third kappa shape index (κ3) is 3.66. The molecule has 1 heterocycles. The van der Waals surface area contributed by atoms with Gasteiger partial charge in [0.05, 0.1) is 11.9 Å². The monoisotopic (exact) mass is 264 g/mol. The van der Waals surface area contributed by atoms with Crippen LogP contribution in [0.5, 0.6) is 0 Å². The van der Waals surface area contributed by atoms with Crippen LogP contribution in [0.1, 0.15) is 56.3 Å². The first-order valence-corrected chi connectivity index (χ1v) is 6.89. The van der Waals surface area contributed by atoms with Crippen molar-refractivity contribution in [3.05, 3.63) is 17.7 Å². The zero-order valence-corrected chi connectivity index (χ0v) is 12.5. The van der Waals surface area contributed by atoms with Gasteiger partial charge in [0, 0.05) is 26.1 Å². The van der Waals surface area contributed by atoms with Crippen molar-refractivity contribution in [2.24, 2.45) is 0 Å². The molecule has 0 aromatic carbocycles. The van der Waals surface area contributed by atoms with E-state index in [9.17, 15) is 4.79 Å². The predicted octanol–water partition coefficient (Wildman–Crippen LogP) is 2.51. The number of hydrogen-bond acceptors (Lipinski definition) is 4. The minimum atomic E-state index is -0.0296. The second-order valence-electron chi connectivity index (χ2n) is 4.78. The van der Waals surface area contributed by atoms with Gasteiger partial charge in [-0.1, -0.05) is 20.8 Å². The van der Waals surface area contributed by atoms with Crippen molar-refractivity contribution < 1.29 is 4.79 Å². The Hall–Kier alpha value is -1.65. The second-order valence-corrected chi connectivity index (χ2v) is 4.78. The number of nitrogens with zero attached hydrogens (tertiary/aromatic N) is 3. The maximum atomic E-state index is 12.5. The molecule has 1 aromatic rings. The lowest BCUT2D eigenvalue weighted by Crippen LogP contribution is -2.33. The van der Waals surface area contributed by atoms with Gasteiger partial charge in [0.1, 0.15) is 5.82 Å². The molecule has 106 valence electrons. The number of hydrogen-bond donors (Lipinski definition) is 1. The summed E-state index contributed by atoms with van der Waals surface area (Å²) in [5.41, 5.74) is 1.15. The van der Waals surface area contributed by atoms with Crippen molar-refractivity contribution in [2.75, 3.05) is 25.5 Å². The molecule has 1 rings (SSSR count). The molecule has 0 aliphatic heterocycles.